The molecule has 1 saturated carbocycles. The summed E-state index contributed by atoms with van der Waals surface area (Å²) in [5.74, 6) is 2.20. The largest absolute Gasteiger partial charge is 0.477 e. The van der Waals surface area contributed by atoms with Crippen LogP contribution in [0.25, 0.3) is 0 Å². The van der Waals surface area contributed by atoms with Crippen LogP contribution in [0.3, 0.4) is 0 Å². The van der Waals surface area contributed by atoms with Crippen molar-refractivity contribution >= 4 is 11.8 Å². The molecule has 4 heteroatoms. The highest BCUT2D eigenvalue weighted by atomic mass is 32.2. The maximum atomic E-state index is 6.01. The van der Waals surface area contributed by atoms with E-state index in [0.29, 0.717) is 11.5 Å². The summed E-state index contributed by atoms with van der Waals surface area (Å²) in [7, 11) is 0. The van der Waals surface area contributed by atoms with Crippen molar-refractivity contribution in [3.63, 3.8) is 0 Å². The Kier molecular flexibility index (Phi) is 4.13. The Hall–Kier alpha value is -0.640. The van der Waals surface area contributed by atoms with E-state index < -0.39 is 0 Å². The van der Waals surface area contributed by atoms with E-state index in [1.807, 2.05) is 18.0 Å². The van der Waals surface area contributed by atoms with E-state index in [2.05, 4.69) is 16.0 Å². The van der Waals surface area contributed by atoms with Gasteiger partial charge < -0.3 is 4.74 Å². The highest BCUT2D eigenvalue weighted by Gasteiger charge is 2.19. The van der Waals surface area contributed by atoms with Gasteiger partial charge in [0.1, 0.15) is 5.44 Å². The first-order chi connectivity index (χ1) is 8.92. The molecule has 0 bridgehead atoms. The number of thioether (sulfide) groups is 1. The number of ether oxygens (including phenoxy) is 1. The normalized spacial score (nSPS) is 26.1. The predicted molar refractivity (Wildman–Crippen MR) is 75.1 cm³/mol. The lowest BCUT2D eigenvalue weighted by Crippen LogP contribution is -2.16. The standard InChI is InChI=1S/C14H22N2OS/c1-2-6-12(7-3-1)16-11-13(10-15-16)17-14-8-4-5-9-18-14/h10-12,14H,1-9H2. The van der Waals surface area contributed by atoms with Gasteiger partial charge in [-0.15, -0.1) is 11.8 Å². The van der Waals surface area contributed by atoms with Crippen molar-refractivity contribution in [1.29, 1.82) is 0 Å². The lowest BCUT2D eigenvalue weighted by Gasteiger charge is -2.22. The molecule has 3 nitrogen and oxygen atoms in total. The summed E-state index contributed by atoms with van der Waals surface area (Å²) < 4.78 is 8.13. The number of rotatable bonds is 3. The minimum Gasteiger partial charge on any atom is -0.477 e. The van der Waals surface area contributed by atoms with Gasteiger partial charge in [-0.1, -0.05) is 19.3 Å². The van der Waals surface area contributed by atoms with Crippen LogP contribution in [0.1, 0.15) is 57.4 Å². The van der Waals surface area contributed by atoms with Crippen LogP contribution in [0.5, 0.6) is 5.75 Å². The Balaban J connectivity index is 1.58. The summed E-state index contributed by atoms with van der Waals surface area (Å²) in [5, 5.41) is 4.49. The Labute approximate surface area is 113 Å². The van der Waals surface area contributed by atoms with Gasteiger partial charge in [0.05, 0.1) is 18.4 Å². The Morgan fingerprint density at radius 1 is 1.11 bits per heavy atom. The van der Waals surface area contributed by atoms with Crippen molar-refractivity contribution in [3.8, 4) is 5.75 Å². The van der Waals surface area contributed by atoms with E-state index in [4.69, 9.17) is 4.74 Å². The smallest absolute Gasteiger partial charge is 0.158 e. The zero-order valence-electron chi connectivity index (χ0n) is 10.9. The first-order valence-electron chi connectivity index (χ1n) is 7.24. The molecule has 0 aromatic carbocycles. The molecule has 0 amide bonds. The van der Waals surface area contributed by atoms with Crippen LogP contribution in [-0.4, -0.2) is 21.0 Å². The van der Waals surface area contributed by atoms with Crippen LogP contribution >= 0.6 is 11.8 Å². The molecule has 1 saturated heterocycles. The third kappa shape index (κ3) is 3.02. The summed E-state index contributed by atoms with van der Waals surface area (Å²) in [6.07, 6.45) is 14.4. The van der Waals surface area contributed by atoms with Crippen LogP contribution in [0.4, 0.5) is 0 Å². The molecule has 0 N–H and O–H groups in total. The molecule has 0 radical (unpaired) electrons. The minimum absolute atomic E-state index is 0.350. The lowest BCUT2D eigenvalue weighted by molar-refractivity contribution is 0.266. The summed E-state index contributed by atoms with van der Waals surface area (Å²) in [5.41, 5.74) is 0.350. The van der Waals surface area contributed by atoms with Crippen LogP contribution in [0.15, 0.2) is 12.4 Å². The quantitative estimate of drug-likeness (QED) is 0.827. The molecule has 18 heavy (non-hydrogen) atoms. The van der Waals surface area contributed by atoms with Crippen LogP contribution in [0, 0.1) is 0 Å². The molecule has 1 unspecified atom stereocenters. The van der Waals surface area contributed by atoms with Crippen LogP contribution in [-0.2, 0) is 0 Å². The Morgan fingerprint density at radius 2 is 1.94 bits per heavy atom. The summed E-state index contributed by atoms with van der Waals surface area (Å²) in [6.45, 7) is 0. The van der Waals surface area contributed by atoms with E-state index in [1.54, 1.807) is 0 Å². The molecule has 1 aliphatic heterocycles. The second kappa shape index (κ2) is 6.00. The highest BCUT2D eigenvalue weighted by Crippen LogP contribution is 2.31. The molecular formula is C14H22N2OS. The van der Waals surface area contributed by atoms with Gasteiger partial charge in [-0.2, -0.15) is 5.10 Å². The minimum atomic E-state index is 0.350. The molecule has 0 spiro atoms. The fourth-order valence-corrected chi connectivity index (χ4v) is 4.03. The van der Waals surface area contributed by atoms with Crippen LogP contribution < -0.4 is 4.74 Å². The fourth-order valence-electron chi connectivity index (χ4n) is 2.88. The third-order valence-electron chi connectivity index (χ3n) is 3.93. The van der Waals surface area contributed by atoms with Crippen molar-refractivity contribution in [2.75, 3.05) is 5.75 Å². The Bertz CT molecular complexity index is 368. The molecule has 2 heterocycles. The van der Waals surface area contributed by atoms with Gasteiger partial charge in [0.25, 0.3) is 0 Å². The van der Waals surface area contributed by atoms with Gasteiger partial charge in [-0.05, 0) is 37.9 Å². The lowest BCUT2D eigenvalue weighted by atomic mass is 9.96. The maximum Gasteiger partial charge on any atom is 0.158 e. The van der Waals surface area contributed by atoms with E-state index in [0.717, 1.165) is 5.75 Å². The van der Waals surface area contributed by atoms with Gasteiger partial charge in [0.2, 0.25) is 0 Å². The van der Waals surface area contributed by atoms with Crippen molar-refractivity contribution in [2.45, 2.75) is 62.8 Å². The number of hydrogen-bond donors (Lipinski definition) is 0. The first-order valence-corrected chi connectivity index (χ1v) is 8.29. The molecule has 2 aliphatic rings. The van der Waals surface area contributed by atoms with Gasteiger partial charge in [0, 0.05) is 0 Å². The summed E-state index contributed by atoms with van der Waals surface area (Å²) >= 11 is 1.94. The van der Waals surface area contributed by atoms with Gasteiger partial charge in [-0.3, -0.25) is 4.68 Å². The molecule has 2 fully saturated rings. The summed E-state index contributed by atoms with van der Waals surface area (Å²) in [4.78, 5) is 0. The second-order valence-corrected chi connectivity index (χ2v) is 6.63. The second-order valence-electron chi connectivity index (χ2n) is 5.36. The molecule has 1 atom stereocenters. The van der Waals surface area contributed by atoms with E-state index in [-0.39, 0.29) is 0 Å². The number of hydrogen-bond acceptors (Lipinski definition) is 3. The topological polar surface area (TPSA) is 27.1 Å². The van der Waals surface area contributed by atoms with E-state index >= 15 is 0 Å². The molecule has 100 valence electrons. The van der Waals surface area contributed by atoms with Crippen molar-refractivity contribution in [3.05, 3.63) is 12.4 Å². The van der Waals surface area contributed by atoms with E-state index in [1.165, 1.54) is 57.1 Å². The number of aromatic nitrogens is 2. The van der Waals surface area contributed by atoms with Crippen molar-refractivity contribution in [2.24, 2.45) is 0 Å². The van der Waals surface area contributed by atoms with Gasteiger partial charge >= 0.3 is 0 Å². The first kappa shape index (κ1) is 12.4. The molecular weight excluding hydrogens is 244 g/mol. The van der Waals surface area contributed by atoms with Crippen molar-refractivity contribution in [1.82, 2.24) is 9.78 Å². The zero-order chi connectivity index (χ0) is 12.2. The molecule has 3 rings (SSSR count). The van der Waals surface area contributed by atoms with E-state index in [9.17, 15) is 0 Å². The summed E-state index contributed by atoms with van der Waals surface area (Å²) in [6, 6.07) is 0.607. The number of nitrogens with zero attached hydrogens (tertiary/aromatic N) is 2. The van der Waals surface area contributed by atoms with Gasteiger partial charge in [0.15, 0.2) is 5.75 Å². The van der Waals surface area contributed by atoms with Crippen LogP contribution in [0.2, 0.25) is 0 Å². The maximum absolute atomic E-state index is 6.01. The zero-order valence-corrected chi connectivity index (χ0v) is 11.7. The SMILES string of the molecule is c1nn(C2CCCCC2)cc1OC1CCCCS1. The van der Waals surface area contributed by atoms with Gasteiger partial charge in [-0.25, -0.2) is 0 Å². The predicted octanol–water partition coefficient (Wildman–Crippen LogP) is 4.01. The molecule has 1 aromatic rings. The average Bonchev–Trinajstić information content (AvgIpc) is 2.89. The third-order valence-corrected chi connectivity index (χ3v) is 5.16. The average molecular weight is 266 g/mol. The molecule has 1 aromatic heterocycles. The fraction of sp³-hybridized carbons (Fsp3) is 0.786. The van der Waals surface area contributed by atoms with Crippen molar-refractivity contribution < 1.29 is 4.74 Å². The highest BCUT2D eigenvalue weighted by molar-refractivity contribution is 7.99. The Morgan fingerprint density at radius 3 is 2.72 bits per heavy atom. The molecule has 1 aliphatic carbocycles. The monoisotopic (exact) mass is 266 g/mol.